The van der Waals surface area contributed by atoms with Crippen LogP contribution in [0.4, 0.5) is 0 Å². The van der Waals surface area contributed by atoms with Gasteiger partial charge in [-0.05, 0) is 49.6 Å². The van der Waals surface area contributed by atoms with Gasteiger partial charge in [0.05, 0.1) is 0 Å². The van der Waals surface area contributed by atoms with Crippen molar-refractivity contribution in [3.63, 3.8) is 0 Å². The summed E-state index contributed by atoms with van der Waals surface area (Å²) in [7, 11) is 0. The topological polar surface area (TPSA) is 57.6 Å². The van der Waals surface area contributed by atoms with Gasteiger partial charge in [0.1, 0.15) is 5.54 Å². The summed E-state index contributed by atoms with van der Waals surface area (Å²) in [5, 5.41) is 10.3. The van der Waals surface area contributed by atoms with Crippen molar-refractivity contribution in [2.45, 2.75) is 25.3 Å². The summed E-state index contributed by atoms with van der Waals surface area (Å²) in [5.41, 5.74) is -0.520. The molecule has 0 aromatic heterocycles. The lowest BCUT2D eigenvalue weighted by atomic mass is 9.99. The van der Waals surface area contributed by atoms with E-state index >= 15 is 0 Å². The molecule has 2 rings (SSSR count). The fourth-order valence-electron chi connectivity index (χ4n) is 2.43. The van der Waals surface area contributed by atoms with Crippen LogP contribution in [0.5, 0.6) is 0 Å². The van der Waals surface area contributed by atoms with E-state index in [1.54, 1.807) is 31.2 Å². The fraction of sp³-hybridized carbons (Fsp3) is 0.333. The zero-order valence-electron chi connectivity index (χ0n) is 11.5. The molecule has 6 heteroatoms. The van der Waals surface area contributed by atoms with E-state index in [4.69, 9.17) is 23.2 Å². The Kier molecular flexibility index (Phi) is 4.59. The van der Waals surface area contributed by atoms with Crippen molar-refractivity contribution in [1.29, 1.82) is 0 Å². The molecule has 1 aromatic rings. The van der Waals surface area contributed by atoms with Gasteiger partial charge >= 0.3 is 5.97 Å². The molecule has 0 radical (unpaired) electrons. The van der Waals surface area contributed by atoms with Crippen LogP contribution in [0.2, 0.25) is 10.0 Å². The molecule has 0 bridgehead atoms. The zero-order valence-corrected chi connectivity index (χ0v) is 13.0. The molecule has 0 spiro atoms. The van der Waals surface area contributed by atoms with Gasteiger partial charge in [0.25, 0.3) is 0 Å². The lowest BCUT2D eigenvalue weighted by Gasteiger charge is -2.30. The summed E-state index contributed by atoms with van der Waals surface area (Å²) in [5.74, 6) is -1.32. The molecule has 1 amide bonds. The van der Waals surface area contributed by atoms with E-state index < -0.39 is 11.5 Å². The second-order valence-corrected chi connectivity index (χ2v) is 6.02. The smallest absolute Gasteiger partial charge is 0.329 e. The van der Waals surface area contributed by atoms with E-state index in [1.807, 2.05) is 0 Å². The van der Waals surface area contributed by atoms with Crippen molar-refractivity contribution in [2.24, 2.45) is 0 Å². The minimum Gasteiger partial charge on any atom is -0.480 e. The maximum Gasteiger partial charge on any atom is 0.329 e. The number of carbonyl (C=O) groups is 2. The van der Waals surface area contributed by atoms with Crippen molar-refractivity contribution < 1.29 is 14.7 Å². The van der Waals surface area contributed by atoms with Crippen LogP contribution in [0.3, 0.4) is 0 Å². The van der Waals surface area contributed by atoms with Crippen LogP contribution >= 0.6 is 23.2 Å². The third kappa shape index (κ3) is 3.22. The van der Waals surface area contributed by atoms with Gasteiger partial charge in [0.2, 0.25) is 5.91 Å². The van der Waals surface area contributed by atoms with Crippen molar-refractivity contribution in [3.05, 3.63) is 39.9 Å². The lowest BCUT2D eigenvalue weighted by Crippen LogP contribution is -2.50. The standard InChI is InChI=1S/C15H15Cl2NO3/c1-15(14(20)21)7-2-8-18(15)13(19)6-3-10-9-11(16)4-5-12(10)17/h3-6,9H,2,7-8H2,1H3,(H,20,21). The Hall–Kier alpha value is -1.52. The lowest BCUT2D eigenvalue weighted by molar-refractivity contribution is -0.153. The van der Waals surface area contributed by atoms with Crippen LogP contribution in [0.15, 0.2) is 24.3 Å². The zero-order chi connectivity index (χ0) is 15.6. The highest BCUT2D eigenvalue weighted by molar-refractivity contribution is 6.34. The van der Waals surface area contributed by atoms with Gasteiger partial charge in [-0.1, -0.05) is 23.2 Å². The highest BCUT2D eigenvalue weighted by atomic mass is 35.5. The number of carbonyl (C=O) groups excluding carboxylic acids is 1. The van der Waals surface area contributed by atoms with E-state index in [0.717, 1.165) is 0 Å². The van der Waals surface area contributed by atoms with Gasteiger partial charge in [-0.2, -0.15) is 0 Å². The first-order valence-electron chi connectivity index (χ1n) is 6.53. The number of amides is 1. The van der Waals surface area contributed by atoms with Crippen molar-refractivity contribution >= 4 is 41.2 Å². The van der Waals surface area contributed by atoms with Crippen LogP contribution in [-0.4, -0.2) is 34.0 Å². The molecule has 21 heavy (non-hydrogen) atoms. The predicted octanol–water partition coefficient (Wildman–Crippen LogP) is 3.47. The minimum absolute atomic E-state index is 0.339. The quantitative estimate of drug-likeness (QED) is 0.865. The largest absolute Gasteiger partial charge is 0.480 e. The summed E-state index contributed by atoms with van der Waals surface area (Å²) >= 11 is 11.9. The molecule has 112 valence electrons. The Morgan fingerprint density at radius 1 is 1.38 bits per heavy atom. The van der Waals surface area contributed by atoms with E-state index in [-0.39, 0.29) is 5.91 Å². The highest BCUT2D eigenvalue weighted by Crippen LogP contribution is 2.30. The number of carboxylic acid groups (broad SMARTS) is 1. The van der Waals surface area contributed by atoms with Gasteiger partial charge in [-0.3, -0.25) is 4.79 Å². The Morgan fingerprint density at radius 2 is 2.10 bits per heavy atom. The highest BCUT2D eigenvalue weighted by Gasteiger charge is 2.45. The van der Waals surface area contributed by atoms with Gasteiger partial charge in [0, 0.05) is 22.7 Å². The Labute approximate surface area is 133 Å². The normalized spacial score (nSPS) is 22.0. The van der Waals surface area contributed by atoms with Crippen LogP contribution in [0.1, 0.15) is 25.3 Å². The maximum absolute atomic E-state index is 12.2. The summed E-state index contributed by atoms with van der Waals surface area (Å²) in [6, 6.07) is 4.95. The molecule has 1 N–H and O–H groups in total. The first kappa shape index (κ1) is 15.9. The van der Waals surface area contributed by atoms with Gasteiger partial charge in [-0.25, -0.2) is 4.79 Å². The SMILES string of the molecule is CC1(C(=O)O)CCCN1C(=O)C=Cc1cc(Cl)ccc1Cl. The number of carboxylic acids is 1. The summed E-state index contributed by atoms with van der Waals surface area (Å²) in [6.07, 6.45) is 4.03. The molecule has 1 aliphatic heterocycles. The van der Waals surface area contributed by atoms with E-state index in [0.29, 0.717) is 35.0 Å². The molecule has 1 atom stereocenters. The van der Waals surface area contributed by atoms with E-state index in [1.165, 1.54) is 11.0 Å². The average Bonchev–Trinajstić information content (AvgIpc) is 2.83. The second-order valence-electron chi connectivity index (χ2n) is 5.17. The first-order valence-corrected chi connectivity index (χ1v) is 7.28. The number of benzene rings is 1. The van der Waals surface area contributed by atoms with Crippen LogP contribution in [-0.2, 0) is 9.59 Å². The molecule has 1 unspecified atom stereocenters. The Morgan fingerprint density at radius 3 is 2.76 bits per heavy atom. The third-order valence-electron chi connectivity index (χ3n) is 3.73. The average molecular weight is 328 g/mol. The number of hydrogen-bond acceptors (Lipinski definition) is 2. The maximum atomic E-state index is 12.2. The molecule has 1 heterocycles. The molecule has 0 saturated carbocycles. The predicted molar refractivity (Wildman–Crippen MR) is 82.5 cm³/mol. The van der Waals surface area contributed by atoms with Crippen LogP contribution in [0.25, 0.3) is 6.08 Å². The number of halogens is 2. The number of rotatable bonds is 3. The fourth-order valence-corrected chi connectivity index (χ4v) is 2.79. The molecular weight excluding hydrogens is 313 g/mol. The van der Waals surface area contributed by atoms with Crippen molar-refractivity contribution in [2.75, 3.05) is 6.54 Å². The Bertz CT molecular complexity index is 615. The number of aliphatic carboxylic acids is 1. The second kappa shape index (κ2) is 6.08. The monoisotopic (exact) mass is 327 g/mol. The molecule has 4 nitrogen and oxygen atoms in total. The molecule has 0 aliphatic carbocycles. The van der Waals surface area contributed by atoms with E-state index in [2.05, 4.69) is 0 Å². The van der Waals surface area contributed by atoms with Crippen LogP contribution in [0, 0.1) is 0 Å². The number of nitrogens with zero attached hydrogens (tertiary/aromatic N) is 1. The summed E-state index contributed by atoms with van der Waals surface area (Å²) in [6.45, 7) is 2.01. The van der Waals surface area contributed by atoms with Crippen molar-refractivity contribution in [3.8, 4) is 0 Å². The summed E-state index contributed by atoms with van der Waals surface area (Å²) < 4.78 is 0. The van der Waals surface area contributed by atoms with Crippen LogP contribution < -0.4 is 0 Å². The van der Waals surface area contributed by atoms with E-state index in [9.17, 15) is 14.7 Å². The molecule has 1 aromatic carbocycles. The molecular formula is C15H15Cl2NO3. The summed E-state index contributed by atoms with van der Waals surface area (Å²) in [4.78, 5) is 25.0. The third-order valence-corrected chi connectivity index (χ3v) is 4.31. The van der Waals surface area contributed by atoms with Gasteiger partial charge in [-0.15, -0.1) is 0 Å². The first-order chi connectivity index (χ1) is 9.84. The molecule has 1 saturated heterocycles. The van der Waals surface area contributed by atoms with Gasteiger partial charge in [0.15, 0.2) is 0 Å². The number of hydrogen-bond donors (Lipinski definition) is 1. The van der Waals surface area contributed by atoms with Crippen molar-refractivity contribution in [1.82, 2.24) is 4.90 Å². The minimum atomic E-state index is -1.14. The molecule has 1 fully saturated rings. The van der Waals surface area contributed by atoms with Gasteiger partial charge < -0.3 is 10.0 Å². The Balaban J connectivity index is 2.20. The number of likely N-dealkylation sites (tertiary alicyclic amines) is 1. The molecule has 1 aliphatic rings.